The van der Waals surface area contributed by atoms with E-state index in [1.165, 1.54) is 29.2 Å². The minimum atomic E-state index is -0.402. The van der Waals surface area contributed by atoms with Crippen LogP contribution in [0.2, 0.25) is 0 Å². The lowest BCUT2D eigenvalue weighted by Gasteiger charge is -2.20. The van der Waals surface area contributed by atoms with Crippen LogP contribution in [0.3, 0.4) is 0 Å². The molecule has 0 saturated carbocycles. The van der Waals surface area contributed by atoms with Gasteiger partial charge in [0.1, 0.15) is 5.75 Å². The molecule has 0 aliphatic carbocycles. The summed E-state index contributed by atoms with van der Waals surface area (Å²) in [6.45, 7) is 2.01. The van der Waals surface area contributed by atoms with Gasteiger partial charge in [0.2, 0.25) is 5.13 Å². The van der Waals surface area contributed by atoms with Crippen molar-refractivity contribution in [1.82, 2.24) is 10.2 Å². The number of rotatable bonds is 7. The highest BCUT2D eigenvalue weighted by atomic mass is 32.2. The summed E-state index contributed by atoms with van der Waals surface area (Å²) in [6, 6.07) is 3.05. The second kappa shape index (κ2) is 8.38. The molecule has 27 heavy (non-hydrogen) atoms. The second-order valence-corrected chi connectivity index (χ2v) is 8.34. The Morgan fingerprint density at radius 1 is 1.41 bits per heavy atom. The number of hydrogen-bond acceptors (Lipinski definition) is 10. The lowest BCUT2D eigenvalue weighted by Crippen LogP contribution is -2.18. The number of anilines is 1. The fourth-order valence-electron chi connectivity index (χ4n) is 2.98. The molecule has 11 heteroatoms. The van der Waals surface area contributed by atoms with Gasteiger partial charge in [0.25, 0.3) is 5.69 Å². The quantitative estimate of drug-likeness (QED) is 0.418. The molecular weight excluding hydrogens is 392 g/mol. The topological polar surface area (TPSA) is 109 Å². The van der Waals surface area contributed by atoms with Gasteiger partial charge in [-0.25, -0.2) is 0 Å². The third-order valence-corrected chi connectivity index (χ3v) is 6.31. The summed E-state index contributed by atoms with van der Waals surface area (Å²) < 4.78 is 17.2. The molecule has 2 aliphatic rings. The summed E-state index contributed by atoms with van der Waals surface area (Å²) in [4.78, 5) is 10.8. The summed E-state index contributed by atoms with van der Waals surface area (Å²) in [6.07, 6.45) is 2.40. The maximum atomic E-state index is 11.2. The molecule has 1 atom stereocenters. The summed E-state index contributed by atoms with van der Waals surface area (Å²) in [5, 5.41) is 23.5. The lowest BCUT2D eigenvalue weighted by molar-refractivity contribution is -0.385. The number of nitro groups is 1. The molecule has 1 fully saturated rings. The van der Waals surface area contributed by atoms with Crippen molar-refractivity contribution in [3.63, 3.8) is 0 Å². The highest BCUT2D eigenvalue weighted by Gasteiger charge is 2.21. The van der Waals surface area contributed by atoms with Gasteiger partial charge in [-0.1, -0.05) is 23.1 Å². The van der Waals surface area contributed by atoms with Gasteiger partial charge in [-0.2, -0.15) is 0 Å². The van der Waals surface area contributed by atoms with Crippen LogP contribution < -0.4 is 10.1 Å². The average molecular weight is 410 g/mol. The summed E-state index contributed by atoms with van der Waals surface area (Å²) in [5.74, 6) is 1.17. The predicted octanol–water partition coefficient (Wildman–Crippen LogP) is 3.20. The van der Waals surface area contributed by atoms with Crippen LogP contribution in [-0.4, -0.2) is 41.2 Å². The van der Waals surface area contributed by atoms with Crippen LogP contribution in [0, 0.1) is 10.1 Å². The maximum absolute atomic E-state index is 11.2. The van der Waals surface area contributed by atoms with Crippen LogP contribution in [0.25, 0.3) is 0 Å². The summed E-state index contributed by atoms with van der Waals surface area (Å²) in [7, 11) is 0. The van der Waals surface area contributed by atoms with Gasteiger partial charge >= 0.3 is 0 Å². The largest absolute Gasteiger partial charge is 0.467 e. The molecule has 144 valence electrons. The SMILES string of the molecule is O=[N+]([O-])c1cc2c(c(CSc3nnc(NCC4CCCO4)s3)c1)OCOC2. The molecule has 0 spiro atoms. The fraction of sp³-hybridized carbons (Fsp3) is 0.500. The minimum absolute atomic E-state index is 0.0367. The van der Waals surface area contributed by atoms with E-state index in [1.54, 1.807) is 6.07 Å². The Hall–Kier alpha value is -1.95. The average Bonchev–Trinajstić information content (AvgIpc) is 3.36. The zero-order chi connectivity index (χ0) is 18.6. The Bertz CT molecular complexity index is 825. The number of nitrogens with zero attached hydrogens (tertiary/aromatic N) is 3. The van der Waals surface area contributed by atoms with Gasteiger partial charge in [0.05, 0.1) is 17.6 Å². The van der Waals surface area contributed by atoms with E-state index in [1.807, 2.05) is 0 Å². The van der Waals surface area contributed by atoms with Gasteiger partial charge < -0.3 is 19.5 Å². The second-order valence-electron chi connectivity index (χ2n) is 6.14. The third-order valence-electron chi connectivity index (χ3n) is 4.25. The normalized spacial score (nSPS) is 18.7. The van der Waals surface area contributed by atoms with Crippen molar-refractivity contribution >= 4 is 33.9 Å². The number of hydrogen-bond donors (Lipinski definition) is 1. The first kappa shape index (κ1) is 18.4. The molecule has 0 amide bonds. The van der Waals surface area contributed by atoms with E-state index in [2.05, 4.69) is 15.5 Å². The number of non-ortho nitro benzene ring substituents is 1. The van der Waals surface area contributed by atoms with Crippen molar-refractivity contribution in [2.75, 3.05) is 25.3 Å². The smallest absolute Gasteiger partial charge is 0.270 e. The van der Waals surface area contributed by atoms with Crippen LogP contribution in [-0.2, 0) is 21.8 Å². The summed E-state index contributed by atoms with van der Waals surface area (Å²) in [5.41, 5.74) is 1.49. The van der Waals surface area contributed by atoms with Gasteiger partial charge in [0, 0.05) is 42.2 Å². The lowest BCUT2D eigenvalue weighted by atomic mass is 10.1. The Morgan fingerprint density at radius 3 is 3.15 bits per heavy atom. The number of nitrogens with one attached hydrogen (secondary N) is 1. The van der Waals surface area contributed by atoms with Crippen molar-refractivity contribution in [2.45, 2.75) is 35.6 Å². The van der Waals surface area contributed by atoms with Crippen LogP contribution in [0.1, 0.15) is 24.0 Å². The van der Waals surface area contributed by atoms with Crippen LogP contribution in [0.15, 0.2) is 16.5 Å². The first-order valence-electron chi connectivity index (χ1n) is 8.51. The highest BCUT2D eigenvalue weighted by Crippen LogP contribution is 2.37. The molecular formula is C16H18N4O5S2. The Morgan fingerprint density at radius 2 is 2.33 bits per heavy atom. The molecule has 4 rings (SSSR count). The highest BCUT2D eigenvalue weighted by molar-refractivity contribution is 8.00. The van der Waals surface area contributed by atoms with E-state index in [9.17, 15) is 10.1 Å². The first-order valence-corrected chi connectivity index (χ1v) is 10.3. The monoisotopic (exact) mass is 410 g/mol. The molecule has 1 aromatic carbocycles. The Kier molecular flexibility index (Phi) is 5.72. The Labute approximate surface area is 163 Å². The molecule has 1 aromatic heterocycles. The molecule has 1 saturated heterocycles. The molecule has 2 aromatic rings. The number of ether oxygens (including phenoxy) is 3. The van der Waals surface area contributed by atoms with E-state index in [4.69, 9.17) is 14.2 Å². The third kappa shape index (κ3) is 4.49. The van der Waals surface area contributed by atoms with Crippen molar-refractivity contribution in [2.24, 2.45) is 0 Å². The van der Waals surface area contributed by atoms with E-state index in [-0.39, 0.29) is 18.6 Å². The van der Waals surface area contributed by atoms with Crippen molar-refractivity contribution in [1.29, 1.82) is 0 Å². The number of benzene rings is 1. The zero-order valence-corrected chi connectivity index (χ0v) is 16.0. The van der Waals surface area contributed by atoms with E-state index >= 15 is 0 Å². The van der Waals surface area contributed by atoms with Gasteiger partial charge in [-0.15, -0.1) is 10.2 Å². The van der Waals surface area contributed by atoms with Gasteiger partial charge in [-0.05, 0) is 12.8 Å². The minimum Gasteiger partial charge on any atom is -0.467 e. The standard InChI is InChI=1S/C16H18N4O5S2/c21-20(22)12-4-10-7-23-9-25-14(10)11(5-12)8-26-16-19-18-15(27-16)17-6-13-2-1-3-24-13/h4-5,13H,1-3,6-9H2,(H,17,18). The zero-order valence-electron chi connectivity index (χ0n) is 14.4. The molecule has 2 aliphatic heterocycles. The number of aromatic nitrogens is 2. The van der Waals surface area contributed by atoms with Crippen LogP contribution in [0.4, 0.5) is 10.8 Å². The summed E-state index contributed by atoms with van der Waals surface area (Å²) >= 11 is 2.93. The van der Waals surface area contributed by atoms with E-state index in [0.717, 1.165) is 41.0 Å². The van der Waals surface area contributed by atoms with Gasteiger partial charge in [-0.3, -0.25) is 10.1 Å². The van der Waals surface area contributed by atoms with E-state index in [0.29, 0.717) is 23.7 Å². The fourth-order valence-corrected chi connectivity index (χ4v) is 4.70. The number of thioether (sulfide) groups is 1. The number of nitro benzene ring substituents is 1. The maximum Gasteiger partial charge on any atom is 0.270 e. The molecule has 0 bridgehead atoms. The Balaban J connectivity index is 1.41. The molecule has 9 nitrogen and oxygen atoms in total. The molecule has 3 heterocycles. The van der Waals surface area contributed by atoms with Gasteiger partial charge in [0.15, 0.2) is 11.1 Å². The van der Waals surface area contributed by atoms with Crippen molar-refractivity contribution in [3.05, 3.63) is 33.4 Å². The molecule has 0 radical (unpaired) electrons. The molecule has 1 N–H and O–H groups in total. The first-order chi connectivity index (χ1) is 13.2. The van der Waals surface area contributed by atoms with Crippen LogP contribution in [0.5, 0.6) is 5.75 Å². The number of fused-ring (bicyclic) bond motifs is 1. The van der Waals surface area contributed by atoms with Crippen molar-refractivity contribution in [3.8, 4) is 5.75 Å². The molecule has 1 unspecified atom stereocenters. The van der Waals surface area contributed by atoms with E-state index < -0.39 is 4.92 Å². The van der Waals surface area contributed by atoms with Crippen molar-refractivity contribution < 1.29 is 19.1 Å². The predicted molar refractivity (Wildman–Crippen MR) is 100 cm³/mol. The van der Waals surface area contributed by atoms with Crippen LogP contribution >= 0.6 is 23.1 Å².